The van der Waals surface area contributed by atoms with E-state index in [0.29, 0.717) is 0 Å². The van der Waals surface area contributed by atoms with E-state index in [2.05, 4.69) is 12.2 Å². The molecule has 0 nitrogen and oxygen atoms in total. The fourth-order valence-corrected chi connectivity index (χ4v) is 5.46. The van der Waals surface area contributed by atoms with Gasteiger partial charge in [0.1, 0.15) is 0 Å². The van der Waals surface area contributed by atoms with Crippen LogP contribution in [0.15, 0.2) is 12.2 Å². The van der Waals surface area contributed by atoms with Crippen LogP contribution in [0.2, 0.25) is 0 Å². The molecule has 3 saturated carbocycles. The summed E-state index contributed by atoms with van der Waals surface area (Å²) in [6.45, 7) is 0. The van der Waals surface area contributed by atoms with Gasteiger partial charge in [-0.25, -0.2) is 0 Å². The third-order valence-electron chi connectivity index (χ3n) is 5.85. The second-order valence-corrected chi connectivity index (χ2v) is 6.18. The SMILES string of the molecule is C1=CCC2C(C1)CC1C3CCC(C3)C21. The zero-order chi connectivity index (χ0) is 9.12. The zero-order valence-electron chi connectivity index (χ0n) is 8.86. The van der Waals surface area contributed by atoms with Gasteiger partial charge in [0.25, 0.3) is 0 Å². The lowest BCUT2D eigenvalue weighted by Gasteiger charge is -2.30. The van der Waals surface area contributed by atoms with Crippen molar-refractivity contribution in [2.24, 2.45) is 35.5 Å². The molecule has 2 bridgehead atoms. The van der Waals surface area contributed by atoms with E-state index in [-0.39, 0.29) is 0 Å². The molecule has 6 unspecified atom stereocenters. The van der Waals surface area contributed by atoms with E-state index in [1.807, 2.05) is 0 Å². The first-order valence-corrected chi connectivity index (χ1v) is 6.58. The minimum Gasteiger partial charge on any atom is -0.0882 e. The van der Waals surface area contributed by atoms with Gasteiger partial charge in [-0.1, -0.05) is 12.2 Å². The molecule has 4 aliphatic carbocycles. The molecule has 0 aromatic rings. The minimum absolute atomic E-state index is 1.10. The Morgan fingerprint density at radius 2 is 1.57 bits per heavy atom. The first-order valence-electron chi connectivity index (χ1n) is 6.58. The van der Waals surface area contributed by atoms with Crippen LogP contribution in [0.1, 0.15) is 38.5 Å². The quantitative estimate of drug-likeness (QED) is 0.509. The van der Waals surface area contributed by atoms with Crippen molar-refractivity contribution in [1.82, 2.24) is 0 Å². The van der Waals surface area contributed by atoms with Gasteiger partial charge in [-0.15, -0.1) is 0 Å². The highest BCUT2D eigenvalue weighted by atomic mass is 14.6. The van der Waals surface area contributed by atoms with Crippen LogP contribution in [0.3, 0.4) is 0 Å². The van der Waals surface area contributed by atoms with Crippen molar-refractivity contribution in [3.8, 4) is 0 Å². The van der Waals surface area contributed by atoms with E-state index in [4.69, 9.17) is 0 Å². The third kappa shape index (κ3) is 0.857. The molecular formula is C14H20. The first-order chi connectivity index (χ1) is 6.93. The lowest BCUT2D eigenvalue weighted by Crippen LogP contribution is -2.24. The van der Waals surface area contributed by atoms with E-state index >= 15 is 0 Å². The highest BCUT2D eigenvalue weighted by Crippen LogP contribution is 2.64. The Bertz CT molecular complexity index is 278. The van der Waals surface area contributed by atoms with E-state index in [1.165, 1.54) is 24.7 Å². The van der Waals surface area contributed by atoms with Gasteiger partial charge in [-0.3, -0.25) is 0 Å². The van der Waals surface area contributed by atoms with Crippen LogP contribution in [0.5, 0.6) is 0 Å². The predicted octanol–water partition coefficient (Wildman–Crippen LogP) is 3.63. The molecule has 0 spiro atoms. The Kier molecular flexibility index (Phi) is 1.51. The van der Waals surface area contributed by atoms with Gasteiger partial charge in [-0.05, 0) is 74.0 Å². The predicted molar refractivity (Wildman–Crippen MR) is 57.8 cm³/mol. The first kappa shape index (κ1) is 7.96. The summed E-state index contributed by atoms with van der Waals surface area (Å²) in [6.07, 6.45) is 14.1. The number of rotatable bonds is 0. The molecule has 14 heavy (non-hydrogen) atoms. The summed E-state index contributed by atoms with van der Waals surface area (Å²) in [5.74, 6) is 6.87. The third-order valence-corrected chi connectivity index (χ3v) is 5.85. The Hall–Kier alpha value is -0.260. The molecule has 4 aliphatic rings. The van der Waals surface area contributed by atoms with Crippen LogP contribution >= 0.6 is 0 Å². The summed E-state index contributed by atoms with van der Waals surface area (Å²) < 4.78 is 0. The van der Waals surface area contributed by atoms with E-state index in [9.17, 15) is 0 Å². The van der Waals surface area contributed by atoms with Crippen LogP contribution in [0.25, 0.3) is 0 Å². The summed E-state index contributed by atoms with van der Waals surface area (Å²) >= 11 is 0. The van der Waals surface area contributed by atoms with Gasteiger partial charge in [0, 0.05) is 0 Å². The lowest BCUT2D eigenvalue weighted by atomic mass is 9.74. The van der Waals surface area contributed by atoms with Gasteiger partial charge in [0.2, 0.25) is 0 Å². The fourth-order valence-electron chi connectivity index (χ4n) is 5.46. The average molecular weight is 188 g/mol. The van der Waals surface area contributed by atoms with Crippen LogP contribution in [0.4, 0.5) is 0 Å². The molecule has 0 radical (unpaired) electrons. The highest BCUT2D eigenvalue weighted by molar-refractivity contribution is 5.09. The molecule has 0 heterocycles. The van der Waals surface area contributed by atoms with E-state index in [1.54, 1.807) is 25.7 Å². The summed E-state index contributed by atoms with van der Waals surface area (Å²) in [6, 6.07) is 0. The van der Waals surface area contributed by atoms with Crippen molar-refractivity contribution in [2.45, 2.75) is 38.5 Å². The molecule has 6 atom stereocenters. The summed E-state index contributed by atoms with van der Waals surface area (Å²) in [7, 11) is 0. The van der Waals surface area contributed by atoms with Crippen LogP contribution in [0, 0.1) is 35.5 Å². The highest BCUT2D eigenvalue weighted by Gasteiger charge is 2.55. The van der Waals surface area contributed by atoms with E-state index < -0.39 is 0 Å². The van der Waals surface area contributed by atoms with E-state index in [0.717, 1.165) is 23.7 Å². The maximum absolute atomic E-state index is 2.47. The van der Waals surface area contributed by atoms with Crippen molar-refractivity contribution >= 4 is 0 Å². The van der Waals surface area contributed by atoms with Gasteiger partial charge in [-0.2, -0.15) is 0 Å². The molecule has 0 heteroatoms. The smallest absolute Gasteiger partial charge is 0.0314 e. The molecule has 0 aromatic carbocycles. The standard InChI is InChI=1S/C14H20/c1-2-4-12-9(3-1)8-13-10-5-6-11(7-10)14(12)13/h1-2,9-14H,3-8H2. The zero-order valence-corrected chi connectivity index (χ0v) is 8.86. The van der Waals surface area contributed by atoms with Crippen LogP contribution in [-0.2, 0) is 0 Å². The molecule has 0 aliphatic heterocycles. The minimum atomic E-state index is 1.10. The molecule has 3 fully saturated rings. The summed E-state index contributed by atoms with van der Waals surface area (Å²) in [5, 5.41) is 0. The van der Waals surface area contributed by atoms with Gasteiger partial charge >= 0.3 is 0 Å². The van der Waals surface area contributed by atoms with Gasteiger partial charge in [0.05, 0.1) is 0 Å². The van der Waals surface area contributed by atoms with Crippen LogP contribution < -0.4 is 0 Å². The van der Waals surface area contributed by atoms with Crippen LogP contribution in [-0.4, -0.2) is 0 Å². The Morgan fingerprint density at radius 1 is 0.714 bits per heavy atom. The molecule has 0 aromatic heterocycles. The maximum Gasteiger partial charge on any atom is -0.0314 e. The Morgan fingerprint density at radius 3 is 2.57 bits per heavy atom. The molecule has 0 N–H and O–H groups in total. The van der Waals surface area contributed by atoms with Crippen molar-refractivity contribution in [2.75, 3.05) is 0 Å². The topological polar surface area (TPSA) is 0 Å². The number of fused-ring (bicyclic) bond motifs is 7. The number of hydrogen-bond acceptors (Lipinski definition) is 0. The molecule has 0 amide bonds. The number of allylic oxidation sites excluding steroid dienone is 2. The van der Waals surface area contributed by atoms with Gasteiger partial charge in [0.15, 0.2) is 0 Å². The largest absolute Gasteiger partial charge is 0.0882 e. The van der Waals surface area contributed by atoms with Crippen molar-refractivity contribution in [1.29, 1.82) is 0 Å². The van der Waals surface area contributed by atoms with Crippen molar-refractivity contribution in [3.63, 3.8) is 0 Å². The molecule has 4 rings (SSSR count). The molecule has 76 valence electrons. The fraction of sp³-hybridized carbons (Fsp3) is 0.857. The molecule has 0 saturated heterocycles. The van der Waals surface area contributed by atoms with Gasteiger partial charge < -0.3 is 0 Å². The molecular weight excluding hydrogens is 168 g/mol. The normalized spacial score (nSPS) is 58.9. The van der Waals surface area contributed by atoms with Crippen molar-refractivity contribution < 1.29 is 0 Å². The maximum atomic E-state index is 2.47. The number of hydrogen-bond donors (Lipinski definition) is 0. The Balaban J connectivity index is 1.68. The monoisotopic (exact) mass is 188 g/mol. The lowest BCUT2D eigenvalue weighted by molar-refractivity contribution is 0.199. The second-order valence-electron chi connectivity index (χ2n) is 6.18. The average Bonchev–Trinajstić information content (AvgIpc) is 2.88. The van der Waals surface area contributed by atoms with Crippen molar-refractivity contribution in [3.05, 3.63) is 12.2 Å². The Labute approximate surface area is 86.8 Å². The summed E-state index contributed by atoms with van der Waals surface area (Å²) in [5.41, 5.74) is 0. The summed E-state index contributed by atoms with van der Waals surface area (Å²) in [4.78, 5) is 0. The second kappa shape index (κ2) is 2.65.